The molecule has 1 aliphatic heterocycles. The van der Waals surface area contributed by atoms with E-state index >= 15 is 0 Å². The predicted molar refractivity (Wildman–Crippen MR) is 195 cm³/mol. The molecule has 3 aromatic carbocycles. The summed E-state index contributed by atoms with van der Waals surface area (Å²) in [5.74, 6) is -3.31. The number of carboxylic acids is 2. The van der Waals surface area contributed by atoms with E-state index in [1.54, 1.807) is 67.8 Å². The Balaban J connectivity index is 1.46. The lowest BCUT2D eigenvalue weighted by atomic mass is 9.81. The Kier molecular flexibility index (Phi) is 12.3. The van der Waals surface area contributed by atoms with E-state index in [-0.39, 0.29) is 30.4 Å². The number of rotatable bonds is 15. The van der Waals surface area contributed by atoms with Gasteiger partial charge in [0.15, 0.2) is 0 Å². The van der Waals surface area contributed by atoms with Crippen molar-refractivity contribution in [3.63, 3.8) is 0 Å². The molecule has 1 saturated carbocycles. The first kappa shape index (κ1) is 38.3. The Bertz CT molecular complexity index is 1850. The fraction of sp³-hybridized carbons (Fsp3) is 0.350. The largest absolute Gasteiger partial charge is 0.497 e. The van der Waals surface area contributed by atoms with E-state index in [1.165, 1.54) is 22.8 Å². The molecular formula is C40H44N4O9. The zero-order valence-corrected chi connectivity index (χ0v) is 29.7. The molecule has 0 spiro atoms. The van der Waals surface area contributed by atoms with Crippen molar-refractivity contribution in [2.24, 2.45) is 5.41 Å². The Morgan fingerprint density at radius 2 is 1.57 bits per heavy atom. The van der Waals surface area contributed by atoms with Crippen LogP contribution in [0.2, 0.25) is 0 Å². The summed E-state index contributed by atoms with van der Waals surface area (Å²) < 4.78 is 5.27. The van der Waals surface area contributed by atoms with Crippen LogP contribution < -0.4 is 20.3 Å². The monoisotopic (exact) mass is 724 g/mol. The minimum Gasteiger partial charge on any atom is -0.497 e. The van der Waals surface area contributed by atoms with E-state index in [4.69, 9.17) is 4.74 Å². The Morgan fingerprint density at radius 3 is 2.15 bits per heavy atom. The van der Waals surface area contributed by atoms with Crippen LogP contribution in [0.25, 0.3) is 6.08 Å². The number of anilines is 1. The number of ether oxygens (including phenoxy) is 1. The Labute approximate surface area is 307 Å². The summed E-state index contributed by atoms with van der Waals surface area (Å²) >= 11 is 0. The molecule has 2 fully saturated rings. The first-order valence-corrected chi connectivity index (χ1v) is 17.6. The standard InChI is InChI=1S/C40H44N4O9/c1-26(45)41-23-22-40(20-6-7-21-40)39(52)42-32(38(50)51)24-27-10-14-30(15-11-27)43-36(29-8-4-3-5-9-29)44(34(46)18-19-35(47)48)33(37(43)49)25-28-12-16-31(53-2)17-13-28/h3-5,8-17,24,33,36H,6-7,18-23,25H2,1-2H3,(H,41,45)(H,42,52)(H,47,48)(H,50,51)/b32-24-. The Hall–Kier alpha value is -5.98. The van der Waals surface area contributed by atoms with Crippen LogP contribution in [0.1, 0.15) is 74.7 Å². The van der Waals surface area contributed by atoms with Gasteiger partial charge in [0, 0.05) is 32.0 Å². The van der Waals surface area contributed by atoms with Crippen molar-refractivity contribution in [3.05, 3.63) is 101 Å². The minimum absolute atomic E-state index is 0.163. The number of nitrogens with zero attached hydrogens (tertiary/aromatic N) is 2. The second-order valence-electron chi connectivity index (χ2n) is 13.4. The van der Waals surface area contributed by atoms with Crippen LogP contribution in [0, 0.1) is 5.41 Å². The lowest BCUT2D eigenvalue weighted by Gasteiger charge is -2.32. The second kappa shape index (κ2) is 17.0. The van der Waals surface area contributed by atoms with Gasteiger partial charge >= 0.3 is 11.9 Å². The molecule has 2 atom stereocenters. The number of carbonyl (C=O) groups excluding carboxylic acids is 4. The van der Waals surface area contributed by atoms with E-state index < -0.39 is 47.8 Å². The van der Waals surface area contributed by atoms with Crippen LogP contribution in [0.3, 0.4) is 0 Å². The lowest BCUT2D eigenvalue weighted by molar-refractivity contribution is -0.142. The van der Waals surface area contributed by atoms with Gasteiger partial charge in [-0.3, -0.25) is 28.9 Å². The molecule has 278 valence electrons. The quantitative estimate of drug-likeness (QED) is 0.162. The summed E-state index contributed by atoms with van der Waals surface area (Å²) in [5.41, 5.74) is 1.17. The molecule has 1 aliphatic carbocycles. The maximum absolute atomic E-state index is 14.4. The van der Waals surface area contributed by atoms with E-state index in [0.29, 0.717) is 48.4 Å². The van der Waals surface area contributed by atoms with Gasteiger partial charge in [0.25, 0.3) is 5.91 Å². The van der Waals surface area contributed by atoms with E-state index in [2.05, 4.69) is 10.6 Å². The molecule has 2 unspecified atom stereocenters. The van der Waals surface area contributed by atoms with Crippen molar-refractivity contribution in [3.8, 4) is 5.75 Å². The SMILES string of the molecule is COc1ccc(CC2C(=O)N(c3ccc(/C=C(\NC(=O)C4(CCNC(C)=O)CCCC4)C(=O)O)cc3)C(c3ccccc3)N2C(=O)CCC(=O)O)cc1. The molecule has 4 amide bonds. The summed E-state index contributed by atoms with van der Waals surface area (Å²) in [7, 11) is 1.55. The van der Waals surface area contributed by atoms with Crippen molar-refractivity contribution >= 4 is 47.3 Å². The summed E-state index contributed by atoms with van der Waals surface area (Å²) in [4.78, 5) is 80.0. The van der Waals surface area contributed by atoms with Gasteiger partial charge in [-0.15, -0.1) is 0 Å². The highest BCUT2D eigenvalue weighted by Gasteiger charge is 2.49. The van der Waals surface area contributed by atoms with Crippen molar-refractivity contribution in [2.45, 2.75) is 70.5 Å². The molecule has 13 nitrogen and oxygen atoms in total. The average molecular weight is 725 g/mol. The number of benzene rings is 3. The number of aliphatic carboxylic acids is 2. The van der Waals surface area contributed by atoms with Gasteiger partial charge in [-0.2, -0.15) is 0 Å². The molecule has 4 N–H and O–H groups in total. The molecule has 0 bridgehead atoms. The van der Waals surface area contributed by atoms with Crippen molar-refractivity contribution in [1.29, 1.82) is 0 Å². The van der Waals surface area contributed by atoms with Crippen molar-refractivity contribution in [2.75, 3.05) is 18.6 Å². The van der Waals surface area contributed by atoms with Gasteiger partial charge in [0.1, 0.15) is 23.7 Å². The summed E-state index contributed by atoms with van der Waals surface area (Å²) in [6, 6.07) is 21.7. The molecular weight excluding hydrogens is 680 g/mol. The normalized spacial score (nSPS) is 18.1. The smallest absolute Gasteiger partial charge is 0.352 e. The van der Waals surface area contributed by atoms with Gasteiger partial charge in [0.05, 0.1) is 18.9 Å². The number of amides is 4. The summed E-state index contributed by atoms with van der Waals surface area (Å²) in [5, 5.41) is 24.8. The molecule has 1 heterocycles. The number of carbonyl (C=O) groups is 6. The van der Waals surface area contributed by atoms with Crippen molar-refractivity contribution in [1.82, 2.24) is 15.5 Å². The van der Waals surface area contributed by atoms with Crippen LogP contribution in [0.5, 0.6) is 5.75 Å². The maximum Gasteiger partial charge on any atom is 0.352 e. The predicted octanol–water partition coefficient (Wildman–Crippen LogP) is 4.67. The third-order valence-electron chi connectivity index (χ3n) is 9.87. The third kappa shape index (κ3) is 9.09. The summed E-state index contributed by atoms with van der Waals surface area (Å²) in [6.07, 6.45) is 3.11. The first-order chi connectivity index (χ1) is 25.4. The van der Waals surface area contributed by atoms with Crippen LogP contribution >= 0.6 is 0 Å². The highest BCUT2D eigenvalue weighted by Crippen LogP contribution is 2.42. The molecule has 0 radical (unpaired) electrons. The lowest BCUT2D eigenvalue weighted by Crippen LogP contribution is -2.42. The number of methoxy groups -OCH3 is 1. The minimum atomic E-state index is -1.33. The number of nitrogens with one attached hydrogen (secondary N) is 2. The fourth-order valence-corrected chi connectivity index (χ4v) is 7.15. The third-order valence-corrected chi connectivity index (χ3v) is 9.87. The molecule has 2 aliphatic rings. The highest BCUT2D eigenvalue weighted by atomic mass is 16.5. The molecule has 53 heavy (non-hydrogen) atoms. The molecule has 13 heteroatoms. The maximum atomic E-state index is 14.4. The van der Waals surface area contributed by atoms with E-state index in [9.17, 15) is 39.0 Å². The van der Waals surface area contributed by atoms with Gasteiger partial charge in [-0.25, -0.2) is 4.79 Å². The zero-order valence-electron chi connectivity index (χ0n) is 29.7. The summed E-state index contributed by atoms with van der Waals surface area (Å²) in [6.45, 7) is 1.71. The van der Waals surface area contributed by atoms with Gasteiger partial charge in [-0.05, 0) is 66.3 Å². The number of carboxylic acid groups (broad SMARTS) is 2. The topological polar surface area (TPSA) is 183 Å². The molecule has 3 aromatic rings. The van der Waals surface area contributed by atoms with Crippen LogP contribution in [0.15, 0.2) is 84.6 Å². The zero-order chi connectivity index (χ0) is 38.1. The molecule has 0 aromatic heterocycles. The number of hydrogen-bond donors (Lipinski definition) is 4. The van der Waals surface area contributed by atoms with Crippen LogP contribution in [-0.4, -0.2) is 70.4 Å². The van der Waals surface area contributed by atoms with Gasteiger partial charge in [-0.1, -0.05) is 67.4 Å². The van der Waals surface area contributed by atoms with Crippen LogP contribution in [-0.2, 0) is 35.2 Å². The van der Waals surface area contributed by atoms with E-state index in [1.807, 2.05) is 18.2 Å². The second-order valence-corrected chi connectivity index (χ2v) is 13.4. The number of hydrogen-bond acceptors (Lipinski definition) is 7. The van der Waals surface area contributed by atoms with Gasteiger partial charge < -0.3 is 30.5 Å². The average Bonchev–Trinajstić information content (AvgIpc) is 3.74. The van der Waals surface area contributed by atoms with Crippen LogP contribution in [0.4, 0.5) is 5.69 Å². The highest BCUT2D eigenvalue weighted by molar-refractivity contribution is 6.04. The van der Waals surface area contributed by atoms with Gasteiger partial charge in [0.2, 0.25) is 17.7 Å². The Morgan fingerprint density at radius 1 is 0.906 bits per heavy atom. The first-order valence-electron chi connectivity index (χ1n) is 17.6. The molecule has 1 saturated heterocycles. The van der Waals surface area contributed by atoms with Crippen molar-refractivity contribution < 1.29 is 43.7 Å². The fourth-order valence-electron chi connectivity index (χ4n) is 7.15. The molecule has 5 rings (SSSR count). The van der Waals surface area contributed by atoms with E-state index in [0.717, 1.165) is 18.4 Å².